The van der Waals surface area contributed by atoms with Gasteiger partial charge >= 0.3 is 0 Å². The molecule has 0 saturated carbocycles. The lowest BCUT2D eigenvalue weighted by molar-refractivity contribution is 0.0675. The molecule has 6 nitrogen and oxygen atoms in total. The van der Waals surface area contributed by atoms with E-state index in [1.54, 1.807) is 12.3 Å². The minimum Gasteiger partial charge on any atom is -0.378 e. The van der Waals surface area contributed by atoms with Gasteiger partial charge in [-0.05, 0) is 17.2 Å². The first-order chi connectivity index (χ1) is 14.1. The number of hydrogen-bond donors (Lipinski definition) is 2. The Labute approximate surface area is 169 Å². The highest BCUT2D eigenvalue weighted by Crippen LogP contribution is 2.29. The molecule has 1 aliphatic heterocycles. The van der Waals surface area contributed by atoms with Gasteiger partial charge in [0.15, 0.2) is 5.96 Å². The van der Waals surface area contributed by atoms with Gasteiger partial charge < -0.3 is 20.4 Å². The molecule has 150 valence electrons. The fourth-order valence-corrected chi connectivity index (χ4v) is 3.40. The number of halogens is 1. The predicted octanol–water partition coefficient (Wildman–Crippen LogP) is 3.65. The Morgan fingerprint density at radius 1 is 1.21 bits per heavy atom. The molecule has 29 heavy (non-hydrogen) atoms. The van der Waals surface area contributed by atoms with Crippen molar-refractivity contribution in [3.05, 3.63) is 71.8 Å². The van der Waals surface area contributed by atoms with E-state index in [1.807, 2.05) is 54.3 Å². The molecule has 0 radical (unpaired) electrons. The molecule has 1 aliphatic rings. The number of aromatic amines is 1. The van der Waals surface area contributed by atoms with E-state index in [1.165, 1.54) is 0 Å². The largest absolute Gasteiger partial charge is 0.378 e. The number of morpholine rings is 1. The maximum absolute atomic E-state index is 14.7. The fourth-order valence-electron chi connectivity index (χ4n) is 3.40. The summed E-state index contributed by atoms with van der Waals surface area (Å²) in [6.07, 6.45) is 1.72. The van der Waals surface area contributed by atoms with Crippen molar-refractivity contribution in [1.82, 2.24) is 14.9 Å². The standard InChI is InChI=1S/C22H24FN5O/c1-15(17-7-8-18(19(23)13-17)16-5-3-2-4-6-16)20-14-25-22(26-20)27-21(24)28-9-11-29-12-10-28/h2-8,13-15H,9-12H2,1H3,(H3,24,25,26,27). The van der Waals surface area contributed by atoms with Crippen LogP contribution in [-0.4, -0.2) is 47.1 Å². The summed E-state index contributed by atoms with van der Waals surface area (Å²) >= 11 is 0. The van der Waals surface area contributed by atoms with Gasteiger partial charge in [-0.3, -0.25) is 0 Å². The lowest BCUT2D eigenvalue weighted by Gasteiger charge is -2.27. The number of guanidine groups is 1. The van der Waals surface area contributed by atoms with Crippen molar-refractivity contribution >= 4 is 11.9 Å². The first-order valence-corrected chi connectivity index (χ1v) is 9.68. The van der Waals surface area contributed by atoms with E-state index in [4.69, 9.17) is 10.5 Å². The summed E-state index contributed by atoms with van der Waals surface area (Å²) in [6.45, 7) is 4.71. The summed E-state index contributed by atoms with van der Waals surface area (Å²) in [5.74, 6) is 0.558. The second kappa shape index (κ2) is 8.45. The minimum atomic E-state index is -0.241. The van der Waals surface area contributed by atoms with Crippen molar-refractivity contribution in [2.45, 2.75) is 12.8 Å². The molecule has 0 aliphatic carbocycles. The number of hydrogen-bond acceptors (Lipinski definition) is 3. The van der Waals surface area contributed by atoms with Crippen LogP contribution in [0.3, 0.4) is 0 Å². The van der Waals surface area contributed by atoms with Gasteiger partial charge in [-0.15, -0.1) is 0 Å². The highest BCUT2D eigenvalue weighted by atomic mass is 19.1. The van der Waals surface area contributed by atoms with Gasteiger partial charge in [-0.25, -0.2) is 9.37 Å². The van der Waals surface area contributed by atoms with Crippen LogP contribution in [0, 0.1) is 5.82 Å². The van der Waals surface area contributed by atoms with E-state index in [0.29, 0.717) is 43.8 Å². The zero-order valence-electron chi connectivity index (χ0n) is 16.3. The van der Waals surface area contributed by atoms with Crippen LogP contribution in [0.25, 0.3) is 11.1 Å². The van der Waals surface area contributed by atoms with Crippen molar-refractivity contribution in [2.75, 3.05) is 26.3 Å². The molecular weight excluding hydrogens is 369 g/mol. The van der Waals surface area contributed by atoms with Gasteiger partial charge in [0, 0.05) is 30.3 Å². The molecule has 4 rings (SSSR count). The number of benzene rings is 2. The van der Waals surface area contributed by atoms with Crippen molar-refractivity contribution in [3.8, 4) is 11.1 Å². The van der Waals surface area contributed by atoms with Gasteiger partial charge in [0.05, 0.1) is 19.4 Å². The van der Waals surface area contributed by atoms with Crippen LogP contribution in [0.2, 0.25) is 0 Å². The van der Waals surface area contributed by atoms with Gasteiger partial charge in [0.2, 0.25) is 5.95 Å². The Morgan fingerprint density at radius 2 is 1.97 bits per heavy atom. The average molecular weight is 393 g/mol. The number of nitrogens with two attached hydrogens (primary N) is 1. The second-order valence-corrected chi connectivity index (χ2v) is 7.06. The molecular formula is C22H24FN5O. The summed E-state index contributed by atoms with van der Waals surface area (Å²) < 4.78 is 20.0. The molecule has 0 spiro atoms. The van der Waals surface area contributed by atoms with Crippen molar-refractivity contribution < 1.29 is 9.13 Å². The Hall–Kier alpha value is -3.19. The Kier molecular flexibility index (Phi) is 5.57. The van der Waals surface area contributed by atoms with E-state index in [2.05, 4.69) is 15.0 Å². The highest BCUT2D eigenvalue weighted by molar-refractivity contribution is 5.80. The predicted molar refractivity (Wildman–Crippen MR) is 112 cm³/mol. The Morgan fingerprint density at radius 3 is 2.69 bits per heavy atom. The second-order valence-electron chi connectivity index (χ2n) is 7.06. The molecule has 1 saturated heterocycles. The van der Waals surface area contributed by atoms with Crippen LogP contribution in [0.1, 0.15) is 24.1 Å². The lowest BCUT2D eigenvalue weighted by atomic mass is 9.95. The summed E-state index contributed by atoms with van der Waals surface area (Å²) in [7, 11) is 0. The third-order valence-electron chi connectivity index (χ3n) is 5.18. The van der Waals surface area contributed by atoms with Gasteiger partial charge in [0.1, 0.15) is 5.82 Å². The van der Waals surface area contributed by atoms with Crippen LogP contribution in [0.4, 0.5) is 10.3 Å². The summed E-state index contributed by atoms with van der Waals surface area (Å²) in [5.41, 5.74) is 9.25. The van der Waals surface area contributed by atoms with E-state index < -0.39 is 0 Å². The molecule has 3 aromatic rings. The molecule has 0 amide bonds. The number of aliphatic imine (C=N–C) groups is 1. The summed E-state index contributed by atoms with van der Waals surface area (Å²) in [6, 6.07) is 14.9. The molecule has 1 fully saturated rings. The SMILES string of the molecule is CC(c1ccc(-c2ccccc2)c(F)c1)c1cnc(/N=C(\N)N2CCOCC2)[nH]1. The average Bonchev–Trinajstić information content (AvgIpc) is 3.23. The fraction of sp³-hybridized carbons (Fsp3) is 0.273. The van der Waals surface area contributed by atoms with E-state index >= 15 is 0 Å². The summed E-state index contributed by atoms with van der Waals surface area (Å²) in [5, 5.41) is 0. The molecule has 3 N–H and O–H groups in total. The molecule has 1 atom stereocenters. The zero-order chi connectivity index (χ0) is 20.2. The number of nitrogens with zero attached hydrogens (tertiary/aromatic N) is 3. The van der Waals surface area contributed by atoms with Crippen LogP contribution in [0.15, 0.2) is 59.7 Å². The first-order valence-electron chi connectivity index (χ1n) is 9.68. The quantitative estimate of drug-likeness (QED) is 0.524. The highest BCUT2D eigenvalue weighted by Gasteiger charge is 2.16. The van der Waals surface area contributed by atoms with Gasteiger partial charge in [0.25, 0.3) is 0 Å². The Balaban J connectivity index is 1.51. The van der Waals surface area contributed by atoms with Gasteiger partial charge in [-0.1, -0.05) is 49.4 Å². The maximum atomic E-state index is 14.7. The maximum Gasteiger partial charge on any atom is 0.230 e. The van der Waals surface area contributed by atoms with E-state index in [0.717, 1.165) is 16.8 Å². The third-order valence-corrected chi connectivity index (χ3v) is 5.18. The van der Waals surface area contributed by atoms with E-state index in [9.17, 15) is 4.39 Å². The first kappa shape index (κ1) is 19.1. The zero-order valence-corrected chi connectivity index (χ0v) is 16.3. The van der Waals surface area contributed by atoms with E-state index in [-0.39, 0.29) is 11.7 Å². The van der Waals surface area contributed by atoms with Crippen LogP contribution in [0.5, 0.6) is 0 Å². The van der Waals surface area contributed by atoms with Crippen molar-refractivity contribution in [2.24, 2.45) is 10.7 Å². The number of aromatic nitrogens is 2. The molecule has 1 unspecified atom stereocenters. The monoisotopic (exact) mass is 393 g/mol. The molecule has 0 bridgehead atoms. The van der Waals surface area contributed by atoms with Crippen LogP contribution >= 0.6 is 0 Å². The minimum absolute atomic E-state index is 0.0598. The number of nitrogens with one attached hydrogen (secondary N) is 1. The topological polar surface area (TPSA) is 79.5 Å². The van der Waals surface area contributed by atoms with Crippen LogP contribution < -0.4 is 5.73 Å². The van der Waals surface area contributed by atoms with Crippen molar-refractivity contribution in [1.29, 1.82) is 0 Å². The van der Waals surface area contributed by atoms with Crippen LogP contribution in [-0.2, 0) is 4.74 Å². The normalized spacial score (nSPS) is 16.1. The number of ether oxygens (including phenoxy) is 1. The third kappa shape index (κ3) is 4.30. The number of rotatable bonds is 4. The molecule has 7 heteroatoms. The van der Waals surface area contributed by atoms with Gasteiger partial charge in [-0.2, -0.15) is 4.99 Å². The smallest absolute Gasteiger partial charge is 0.230 e. The molecule has 2 heterocycles. The lowest BCUT2D eigenvalue weighted by Crippen LogP contribution is -2.44. The summed E-state index contributed by atoms with van der Waals surface area (Å²) in [4.78, 5) is 13.8. The molecule has 2 aromatic carbocycles. The Bertz CT molecular complexity index is 995. The number of H-pyrrole nitrogens is 1. The molecule has 1 aromatic heterocycles. The number of imidazole rings is 1. The van der Waals surface area contributed by atoms with Crippen molar-refractivity contribution in [3.63, 3.8) is 0 Å².